The SMILES string of the molecule is CCOc1cc(C(=O)NC2CCN(C)CC2)ccc1Nc1ncc2c(n1)N(C1CCCC1)[C@H](CC)CN2C. The van der Waals surface area contributed by atoms with Crippen molar-refractivity contribution in [3.63, 3.8) is 0 Å². The molecule has 206 valence electrons. The van der Waals surface area contributed by atoms with Crippen LogP contribution in [0.1, 0.15) is 69.2 Å². The first-order valence-electron chi connectivity index (χ1n) is 14.4. The van der Waals surface area contributed by atoms with Gasteiger partial charge in [-0.05, 0) is 77.4 Å². The second-order valence-electron chi connectivity index (χ2n) is 11.0. The molecule has 5 rings (SSSR count). The summed E-state index contributed by atoms with van der Waals surface area (Å²) in [5.41, 5.74) is 2.44. The van der Waals surface area contributed by atoms with Crippen LogP contribution in [0, 0.1) is 0 Å². The van der Waals surface area contributed by atoms with Gasteiger partial charge in [0, 0.05) is 37.3 Å². The van der Waals surface area contributed by atoms with Crippen LogP contribution in [0.2, 0.25) is 0 Å². The van der Waals surface area contributed by atoms with Crippen molar-refractivity contribution < 1.29 is 9.53 Å². The maximum Gasteiger partial charge on any atom is 0.251 e. The molecule has 0 bridgehead atoms. The quantitative estimate of drug-likeness (QED) is 0.528. The third-order valence-corrected chi connectivity index (χ3v) is 8.32. The predicted octanol–water partition coefficient (Wildman–Crippen LogP) is 4.42. The number of hydrogen-bond acceptors (Lipinski definition) is 8. The van der Waals surface area contributed by atoms with Crippen molar-refractivity contribution in [1.29, 1.82) is 0 Å². The highest BCUT2D eigenvalue weighted by atomic mass is 16.5. The number of hydrogen-bond donors (Lipinski definition) is 2. The molecule has 1 atom stereocenters. The number of carbonyl (C=O) groups is 1. The zero-order valence-electron chi connectivity index (χ0n) is 23.4. The van der Waals surface area contributed by atoms with E-state index in [2.05, 4.69) is 51.3 Å². The summed E-state index contributed by atoms with van der Waals surface area (Å²) >= 11 is 0. The van der Waals surface area contributed by atoms with E-state index in [1.807, 2.05) is 31.3 Å². The molecule has 2 N–H and O–H groups in total. The van der Waals surface area contributed by atoms with E-state index in [0.717, 1.165) is 56.1 Å². The molecule has 0 radical (unpaired) electrons. The Kier molecular flexibility index (Phi) is 8.21. The van der Waals surface area contributed by atoms with Crippen LogP contribution in [-0.2, 0) is 0 Å². The molecule has 1 saturated carbocycles. The van der Waals surface area contributed by atoms with Gasteiger partial charge in [-0.15, -0.1) is 0 Å². The fourth-order valence-corrected chi connectivity index (χ4v) is 6.12. The Morgan fingerprint density at radius 3 is 2.58 bits per heavy atom. The van der Waals surface area contributed by atoms with Gasteiger partial charge < -0.3 is 30.1 Å². The first kappa shape index (κ1) is 26.5. The van der Waals surface area contributed by atoms with Gasteiger partial charge >= 0.3 is 0 Å². The summed E-state index contributed by atoms with van der Waals surface area (Å²) in [6.45, 7) is 7.72. The van der Waals surface area contributed by atoms with Crippen LogP contribution < -0.4 is 25.2 Å². The number of benzene rings is 1. The number of fused-ring (bicyclic) bond motifs is 1. The van der Waals surface area contributed by atoms with E-state index in [-0.39, 0.29) is 11.9 Å². The first-order valence-corrected chi connectivity index (χ1v) is 14.4. The van der Waals surface area contributed by atoms with Crippen molar-refractivity contribution in [2.45, 2.75) is 76.9 Å². The summed E-state index contributed by atoms with van der Waals surface area (Å²) in [7, 11) is 4.25. The van der Waals surface area contributed by atoms with Gasteiger partial charge in [-0.2, -0.15) is 4.98 Å². The fraction of sp³-hybridized carbons (Fsp3) is 0.621. The zero-order valence-corrected chi connectivity index (χ0v) is 23.4. The Morgan fingerprint density at radius 2 is 1.87 bits per heavy atom. The average molecular weight is 522 g/mol. The number of amides is 1. The minimum atomic E-state index is -0.0575. The minimum Gasteiger partial charge on any atom is -0.492 e. The number of nitrogens with one attached hydrogen (secondary N) is 2. The van der Waals surface area contributed by atoms with Crippen LogP contribution in [0.25, 0.3) is 0 Å². The van der Waals surface area contributed by atoms with Crippen LogP contribution in [0.15, 0.2) is 24.4 Å². The number of piperidine rings is 1. The highest BCUT2D eigenvalue weighted by molar-refractivity contribution is 5.95. The maximum absolute atomic E-state index is 13.0. The van der Waals surface area contributed by atoms with Gasteiger partial charge in [0.05, 0.1) is 24.2 Å². The highest BCUT2D eigenvalue weighted by Crippen LogP contribution is 2.40. The normalized spacial score (nSPS) is 20.9. The summed E-state index contributed by atoms with van der Waals surface area (Å²) in [6, 6.07) is 6.76. The van der Waals surface area contributed by atoms with E-state index in [9.17, 15) is 4.79 Å². The van der Waals surface area contributed by atoms with E-state index in [4.69, 9.17) is 9.72 Å². The molecule has 2 fully saturated rings. The maximum atomic E-state index is 13.0. The summed E-state index contributed by atoms with van der Waals surface area (Å²) < 4.78 is 5.95. The molecule has 2 aliphatic heterocycles. The molecule has 3 heterocycles. The monoisotopic (exact) mass is 521 g/mol. The third-order valence-electron chi connectivity index (χ3n) is 8.32. The molecule has 1 saturated heterocycles. The Morgan fingerprint density at radius 1 is 1.11 bits per heavy atom. The topological polar surface area (TPSA) is 85.9 Å². The predicted molar refractivity (Wildman–Crippen MR) is 153 cm³/mol. The van der Waals surface area contributed by atoms with Crippen LogP contribution in [0.3, 0.4) is 0 Å². The van der Waals surface area contributed by atoms with Crippen LogP contribution in [-0.4, -0.2) is 79.2 Å². The smallest absolute Gasteiger partial charge is 0.251 e. The largest absolute Gasteiger partial charge is 0.492 e. The van der Waals surface area contributed by atoms with Crippen molar-refractivity contribution in [2.24, 2.45) is 0 Å². The highest BCUT2D eigenvalue weighted by Gasteiger charge is 2.36. The van der Waals surface area contributed by atoms with E-state index in [1.165, 1.54) is 25.7 Å². The van der Waals surface area contributed by atoms with Crippen LogP contribution >= 0.6 is 0 Å². The molecular formula is C29H43N7O2. The van der Waals surface area contributed by atoms with Crippen LogP contribution in [0.5, 0.6) is 5.75 Å². The van der Waals surface area contributed by atoms with Gasteiger partial charge in [0.2, 0.25) is 5.95 Å². The third kappa shape index (κ3) is 5.67. The van der Waals surface area contributed by atoms with Crippen molar-refractivity contribution in [3.8, 4) is 5.75 Å². The van der Waals surface area contributed by atoms with Gasteiger partial charge in [-0.3, -0.25) is 4.79 Å². The molecule has 38 heavy (non-hydrogen) atoms. The number of rotatable bonds is 8. The van der Waals surface area contributed by atoms with Crippen molar-refractivity contribution in [1.82, 2.24) is 20.2 Å². The average Bonchev–Trinajstić information content (AvgIpc) is 3.45. The van der Waals surface area contributed by atoms with Crippen LogP contribution in [0.4, 0.5) is 23.1 Å². The molecule has 1 aromatic heterocycles. The first-order chi connectivity index (χ1) is 18.5. The summed E-state index contributed by atoms with van der Waals surface area (Å²) in [5.74, 6) is 2.13. The van der Waals surface area contributed by atoms with Crippen molar-refractivity contribution in [2.75, 3.05) is 55.5 Å². The lowest BCUT2D eigenvalue weighted by atomic mass is 10.0. The molecule has 0 unspecified atom stereocenters. The number of likely N-dealkylation sites (N-methyl/N-ethyl adjacent to an activating group) is 1. The summed E-state index contributed by atoms with van der Waals surface area (Å²) in [6.07, 6.45) is 9.99. The lowest BCUT2D eigenvalue weighted by Gasteiger charge is -2.45. The molecular weight excluding hydrogens is 478 g/mol. The molecule has 1 amide bonds. The fourth-order valence-electron chi connectivity index (χ4n) is 6.12. The Balaban J connectivity index is 1.37. The van der Waals surface area contributed by atoms with Gasteiger partial charge in [-0.25, -0.2) is 4.98 Å². The Hall–Kier alpha value is -3.07. The van der Waals surface area contributed by atoms with Gasteiger partial charge in [0.15, 0.2) is 5.82 Å². The van der Waals surface area contributed by atoms with Gasteiger partial charge in [-0.1, -0.05) is 19.8 Å². The minimum absolute atomic E-state index is 0.0575. The number of ether oxygens (including phenoxy) is 1. The lowest BCUT2D eigenvalue weighted by Crippen LogP contribution is -2.52. The Bertz CT molecular complexity index is 1110. The van der Waals surface area contributed by atoms with Gasteiger partial charge in [0.1, 0.15) is 5.75 Å². The van der Waals surface area contributed by atoms with E-state index >= 15 is 0 Å². The number of anilines is 4. The van der Waals surface area contributed by atoms with E-state index < -0.39 is 0 Å². The number of carbonyl (C=O) groups excluding carboxylic acids is 1. The molecule has 9 nitrogen and oxygen atoms in total. The standard InChI is InChI=1S/C29H43N7O2/c1-5-22-19-35(4)25-18-30-29(33-27(25)36(22)23-9-7-8-10-23)32-24-12-11-20(17-26(24)38-6-2)28(37)31-21-13-15-34(3)16-14-21/h11-12,17-18,21-23H,5-10,13-16,19H2,1-4H3,(H,31,37)(H,30,32,33)/t22-/m1/s1. The van der Waals surface area contributed by atoms with E-state index in [0.29, 0.717) is 36.0 Å². The van der Waals surface area contributed by atoms with Crippen molar-refractivity contribution >= 4 is 29.0 Å². The summed E-state index contributed by atoms with van der Waals surface area (Å²) in [4.78, 5) is 29.9. The second-order valence-corrected chi connectivity index (χ2v) is 11.0. The molecule has 2 aromatic rings. The summed E-state index contributed by atoms with van der Waals surface area (Å²) in [5, 5.41) is 6.59. The Labute approximate surface area is 226 Å². The molecule has 1 aromatic carbocycles. The molecule has 1 aliphatic carbocycles. The number of likely N-dealkylation sites (tertiary alicyclic amines) is 1. The second kappa shape index (κ2) is 11.8. The lowest BCUT2D eigenvalue weighted by molar-refractivity contribution is 0.0916. The zero-order chi connectivity index (χ0) is 26.6. The molecule has 3 aliphatic rings. The molecule has 9 heteroatoms. The van der Waals surface area contributed by atoms with Gasteiger partial charge in [0.25, 0.3) is 5.91 Å². The van der Waals surface area contributed by atoms with Crippen molar-refractivity contribution in [3.05, 3.63) is 30.0 Å². The number of aromatic nitrogens is 2. The molecule has 0 spiro atoms. The number of nitrogens with zero attached hydrogens (tertiary/aromatic N) is 5. The van der Waals surface area contributed by atoms with E-state index in [1.54, 1.807) is 0 Å².